The van der Waals surface area contributed by atoms with Gasteiger partial charge in [-0.3, -0.25) is 0 Å². The highest BCUT2D eigenvalue weighted by Gasteiger charge is 2.27. The molecule has 1 unspecified atom stereocenters. The van der Waals surface area contributed by atoms with Crippen molar-refractivity contribution in [3.05, 3.63) is 51.2 Å². The second kappa shape index (κ2) is 6.12. The number of hydrogen-bond donors (Lipinski definition) is 2. The van der Waals surface area contributed by atoms with Crippen molar-refractivity contribution in [3.63, 3.8) is 0 Å². The van der Waals surface area contributed by atoms with Gasteiger partial charge in [0.05, 0.1) is 4.90 Å². The summed E-state index contributed by atoms with van der Waals surface area (Å²) in [5.41, 5.74) is 1.46. The van der Waals surface area contributed by atoms with Crippen LogP contribution in [0.15, 0.2) is 34.5 Å². The molecule has 0 radical (unpaired) electrons. The molecule has 0 aliphatic carbocycles. The van der Waals surface area contributed by atoms with Crippen LogP contribution in [-0.2, 0) is 15.6 Å². The van der Waals surface area contributed by atoms with Crippen LogP contribution in [0.4, 0.5) is 0 Å². The predicted molar refractivity (Wildman–Crippen MR) is 89.7 cm³/mol. The van der Waals surface area contributed by atoms with Crippen LogP contribution in [0.1, 0.15) is 28.5 Å². The molecule has 2 N–H and O–H groups in total. The minimum Gasteiger partial charge on any atom is -0.383 e. The first-order valence-corrected chi connectivity index (χ1v) is 9.33. The number of nitrogens with one attached hydrogen (secondary N) is 1. The fourth-order valence-corrected chi connectivity index (χ4v) is 4.44. The summed E-state index contributed by atoms with van der Waals surface area (Å²) in [5, 5.41) is 12.3. The largest absolute Gasteiger partial charge is 0.383 e. The molecule has 1 atom stereocenters. The van der Waals surface area contributed by atoms with Crippen molar-refractivity contribution >= 4 is 21.4 Å². The molecule has 1 heterocycles. The lowest BCUT2D eigenvalue weighted by Gasteiger charge is -2.22. The fraction of sp³-hybridized carbons (Fsp3) is 0.375. The Bertz CT molecular complexity index is 763. The quantitative estimate of drug-likeness (QED) is 0.880. The number of rotatable bonds is 5. The average molecular weight is 339 g/mol. The number of thiophene rings is 1. The molecular weight excluding hydrogens is 318 g/mol. The molecule has 1 aromatic heterocycles. The van der Waals surface area contributed by atoms with Gasteiger partial charge in [0.15, 0.2) is 0 Å². The van der Waals surface area contributed by atoms with E-state index < -0.39 is 15.6 Å². The van der Waals surface area contributed by atoms with Crippen LogP contribution in [0.5, 0.6) is 0 Å². The van der Waals surface area contributed by atoms with E-state index in [0.29, 0.717) is 5.56 Å². The molecule has 120 valence electrons. The van der Waals surface area contributed by atoms with Gasteiger partial charge in [0.1, 0.15) is 5.60 Å². The average Bonchev–Trinajstić information content (AvgIpc) is 2.95. The Morgan fingerprint density at radius 2 is 1.82 bits per heavy atom. The third kappa shape index (κ3) is 3.57. The zero-order valence-corrected chi connectivity index (χ0v) is 14.8. The number of benzene rings is 1. The normalized spacial score (nSPS) is 14.8. The first-order valence-electron chi connectivity index (χ1n) is 6.97. The van der Waals surface area contributed by atoms with Crippen LogP contribution >= 0.6 is 11.3 Å². The molecule has 2 rings (SSSR count). The topological polar surface area (TPSA) is 66.4 Å². The summed E-state index contributed by atoms with van der Waals surface area (Å²) >= 11 is 1.40. The summed E-state index contributed by atoms with van der Waals surface area (Å²) in [6, 6.07) is 7.16. The predicted octanol–water partition coefficient (Wildman–Crippen LogP) is 2.86. The molecule has 0 amide bonds. The Morgan fingerprint density at radius 1 is 1.18 bits per heavy atom. The van der Waals surface area contributed by atoms with Gasteiger partial charge < -0.3 is 5.11 Å². The van der Waals surface area contributed by atoms with E-state index >= 15 is 0 Å². The van der Waals surface area contributed by atoms with E-state index in [1.54, 1.807) is 26.0 Å². The molecule has 2 aromatic rings. The summed E-state index contributed by atoms with van der Waals surface area (Å²) in [4.78, 5) is 0.990. The van der Waals surface area contributed by atoms with Crippen LogP contribution in [0.2, 0.25) is 0 Å². The van der Waals surface area contributed by atoms with E-state index in [0.717, 1.165) is 16.0 Å². The minimum atomic E-state index is -3.66. The van der Waals surface area contributed by atoms with Crippen LogP contribution in [0.25, 0.3) is 0 Å². The van der Waals surface area contributed by atoms with Crippen molar-refractivity contribution in [1.82, 2.24) is 4.72 Å². The van der Waals surface area contributed by atoms with Crippen molar-refractivity contribution in [2.75, 3.05) is 6.54 Å². The van der Waals surface area contributed by atoms with E-state index in [1.165, 1.54) is 11.3 Å². The highest BCUT2D eigenvalue weighted by molar-refractivity contribution is 7.89. The van der Waals surface area contributed by atoms with Gasteiger partial charge in [-0.05, 0) is 61.9 Å². The summed E-state index contributed by atoms with van der Waals surface area (Å²) in [7, 11) is -3.66. The number of aliphatic hydroxyl groups is 1. The van der Waals surface area contributed by atoms with Gasteiger partial charge in [-0.15, -0.1) is 11.3 Å². The van der Waals surface area contributed by atoms with Gasteiger partial charge in [0, 0.05) is 11.4 Å². The first-order chi connectivity index (χ1) is 10.1. The summed E-state index contributed by atoms with van der Waals surface area (Å²) < 4.78 is 27.5. The molecule has 0 fully saturated rings. The lowest BCUT2D eigenvalue weighted by molar-refractivity contribution is 0.0666. The zero-order chi connectivity index (χ0) is 16.5. The monoisotopic (exact) mass is 339 g/mol. The van der Waals surface area contributed by atoms with Gasteiger partial charge in [-0.2, -0.15) is 0 Å². The van der Waals surface area contributed by atoms with Crippen molar-refractivity contribution in [3.8, 4) is 0 Å². The maximum atomic E-state index is 12.5. The molecular formula is C16H21NO3S2. The first kappa shape index (κ1) is 17.1. The standard InChI is InChI=1S/C16H21NO3S2/c1-11-8-13(3)14(9-12(11)2)22(19,20)17-10-16(4,18)15-6-5-7-21-15/h5-9,17-18H,10H2,1-4H3. The van der Waals surface area contributed by atoms with Crippen molar-refractivity contribution < 1.29 is 13.5 Å². The van der Waals surface area contributed by atoms with Gasteiger partial charge in [-0.25, -0.2) is 13.1 Å². The van der Waals surface area contributed by atoms with Crippen LogP contribution < -0.4 is 4.72 Å². The number of aryl methyl sites for hydroxylation is 3. The van der Waals surface area contributed by atoms with E-state index in [9.17, 15) is 13.5 Å². The Morgan fingerprint density at radius 3 is 2.41 bits per heavy atom. The molecule has 0 aliphatic heterocycles. The molecule has 6 heteroatoms. The molecule has 0 bridgehead atoms. The molecule has 0 aliphatic rings. The lowest BCUT2D eigenvalue weighted by Crippen LogP contribution is -2.38. The summed E-state index contributed by atoms with van der Waals surface area (Å²) in [5.74, 6) is 0. The Balaban J connectivity index is 2.24. The molecule has 0 saturated carbocycles. The van der Waals surface area contributed by atoms with Crippen molar-refractivity contribution in [1.29, 1.82) is 0 Å². The highest BCUT2D eigenvalue weighted by atomic mass is 32.2. The fourth-order valence-electron chi connectivity index (χ4n) is 2.21. The van der Waals surface area contributed by atoms with Gasteiger partial charge in [0.2, 0.25) is 10.0 Å². The molecule has 4 nitrogen and oxygen atoms in total. The highest BCUT2D eigenvalue weighted by Crippen LogP contribution is 2.26. The van der Waals surface area contributed by atoms with Gasteiger partial charge in [-0.1, -0.05) is 12.1 Å². The third-order valence-corrected chi connectivity index (χ3v) is 6.41. The smallest absolute Gasteiger partial charge is 0.240 e. The van der Waals surface area contributed by atoms with Crippen LogP contribution in [0, 0.1) is 20.8 Å². The summed E-state index contributed by atoms with van der Waals surface area (Å²) in [6.45, 7) is 7.15. The molecule has 22 heavy (non-hydrogen) atoms. The third-order valence-electron chi connectivity index (χ3n) is 3.74. The van der Waals surface area contributed by atoms with Crippen molar-refractivity contribution in [2.24, 2.45) is 0 Å². The second-order valence-electron chi connectivity index (χ2n) is 5.78. The SMILES string of the molecule is Cc1cc(C)c(S(=O)(=O)NCC(C)(O)c2cccs2)cc1C. The Kier molecular flexibility index (Phi) is 4.77. The zero-order valence-electron chi connectivity index (χ0n) is 13.2. The van der Waals surface area contributed by atoms with E-state index in [2.05, 4.69) is 4.72 Å². The van der Waals surface area contributed by atoms with Crippen LogP contribution in [-0.4, -0.2) is 20.1 Å². The lowest BCUT2D eigenvalue weighted by atomic mass is 10.1. The van der Waals surface area contributed by atoms with E-state index in [1.807, 2.05) is 31.4 Å². The number of sulfonamides is 1. The van der Waals surface area contributed by atoms with Gasteiger partial charge in [0.25, 0.3) is 0 Å². The van der Waals surface area contributed by atoms with E-state index in [4.69, 9.17) is 0 Å². The second-order valence-corrected chi connectivity index (χ2v) is 8.46. The Labute approximate surface area is 135 Å². The molecule has 1 aromatic carbocycles. The maximum absolute atomic E-state index is 12.5. The summed E-state index contributed by atoms with van der Waals surface area (Å²) in [6.07, 6.45) is 0. The maximum Gasteiger partial charge on any atom is 0.240 e. The van der Waals surface area contributed by atoms with Gasteiger partial charge >= 0.3 is 0 Å². The van der Waals surface area contributed by atoms with E-state index in [-0.39, 0.29) is 11.4 Å². The van der Waals surface area contributed by atoms with Crippen molar-refractivity contribution in [2.45, 2.75) is 38.2 Å². The molecule has 0 spiro atoms. The minimum absolute atomic E-state index is 0.0673. The Hall–Kier alpha value is -1.21. The van der Waals surface area contributed by atoms with Crippen LogP contribution in [0.3, 0.4) is 0 Å². The molecule has 0 saturated heterocycles. The number of hydrogen-bond acceptors (Lipinski definition) is 4.